The number of benzene rings is 1. The van der Waals surface area contributed by atoms with Crippen molar-refractivity contribution in [3.63, 3.8) is 0 Å². The molecule has 0 atom stereocenters. The van der Waals surface area contributed by atoms with Gasteiger partial charge < -0.3 is 5.73 Å². The van der Waals surface area contributed by atoms with Crippen molar-refractivity contribution in [2.75, 3.05) is 23.1 Å². The van der Waals surface area contributed by atoms with Crippen molar-refractivity contribution in [2.45, 2.75) is 12.8 Å². The van der Waals surface area contributed by atoms with Gasteiger partial charge in [0.25, 0.3) is 0 Å². The molecule has 1 heterocycles. The lowest BCUT2D eigenvalue weighted by molar-refractivity contribution is 0.574. The maximum atomic E-state index is 12.0. The smallest absolute Gasteiger partial charge is 0.235 e. The normalized spacial score (nSPS) is 17.9. The molecule has 2 N–H and O–H groups in total. The summed E-state index contributed by atoms with van der Waals surface area (Å²) in [6.07, 6.45) is 1.64. The molecule has 96 valence electrons. The molecule has 0 aliphatic carbocycles. The van der Waals surface area contributed by atoms with Crippen LogP contribution in [0.2, 0.25) is 0 Å². The molecular formula is C13H16N2O2S. The van der Waals surface area contributed by atoms with E-state index in [9.17, 15) is 8.42 Å². The van der Waals surface area contributed by atoms with E-state index in [0.29, 0.717) is 18.8 Å². The van der Waals surface area contributed by atoms with Crippen LogP contribution in [0.3, 0.4) is 0 Å². The van der Waals surface area contributed by atoms with Crippen LogP contribution in [0, 0.1) is 11.8 Å². The van der Waals surface area contributed by atoms with Crippen LogP contribution in [0.4, 0.5) is 5.69 Å². The zero-order valence-corrected chi connectivity index (χ0v) is 10.9. The van der Waals surface area contributed by atoms with Gasteiger partial charge in [0.1, 0.15) is 0 Å². The minimum absolute atomic E-state index is 0.228. The van der Waals surface area contributed by atoms with Crippen LogP contribution in [0.5, 0.6) is 0 Å². The van der Waals surface area contributed by atoms with Crippen LogP contribution in [0.15, 0.2) is 24.3 Å². The van der Waals surface area contributed by atoms with Gasteiger partial charge in [0.2, 0.25) is 10.0 Å². The highest BCUT2D eigenvalue weighted by molar-refractivity contribution is 7.92. The van der Waals surface area contributed by atoms with Gasteiger partial charge in [-0.1, -0.05) is 17.9 Å². The highest BCUT2D eigenvalue weighted by Gasteiger charge is 2.25. The lowest BCUT2D eigenvalue weighted by Crippen LogP contribution is -2.37. The fourth-order valence-corrected chi connectivity index (χ4v) is 3.60. The second-order valence-corrected chi connectivity index (χ2v) is 6.16. The number of nitrogens with two attached hydrogens (primary N) is 1. The molecule has 0 unspecified atom stereocenters. The van der Waals surface area contributed by atoms with Crippen LogP contribution >= 0.6 is 0 Å². The number of sulfonamides is 1. The highest BCUT2D eigenvalue weighted by Crippen LogP contribution is 2.23. The van der Waals surface area contributed by atoms with Crippen molar-refractivity contribution < 1.29 is 8.42 Å². The Morgan fingerprint density at radius 3 is 2.89 bits per heavy atom. The van der Waals surface area contributed by atoms with Gasteiger partial charge in [-0.3, -0.25) is 4.31 Å². The molecule has 5 heteroatoms. The topological polar surface area (TPSA) is 63.4 Å². The number of anilines is 1. The van der Waals surface area contributed by atoms with Gasteiger partial charge in [-0.25, -0.2) is 8.42 Å². The third kappa shape index (κ3) is 2.84. The summed E-state index contributed by atoms with van der Waals surface area (Å²) in [6.45, 7) is 0.850. The highest BCUT2D eigenvalue weighted by atomic mass is 32.2. The molecule has 2 rings (SSSR count). The second-order valence-electron chi connectivity index (χ2n) is 4.15. The molecule has 1 aliphatic rings. The molecule has 0 spiro atoms. The summed E-state index contributed by atoms with van der Waals surface area (Å²) in [6, 6.07) is 7.27. The molecule has 18 heavy (non-hydrogen) atoms. The van der Waals surface area contributed by atoms with Crippen LogP contribution in [0.1, 0.15) is 18.4 Å². The van der Waals surface area contributed by atoms with E-state index in [0.717, 1.165) is 18.4 Å². The molecule has 0 saturated carbocycles. The zero-order valence-electron chi connectivity index (χ0n) is 10.1. The summed E-state index contributed by atoms with van der Waals surface area (Å²) >= 11 is 0. The Hall–Kier alpha value is -1.51. The van der Waals surface area contributed by atoms with E-state index in [1.165, 1.54) is 4.31 Å². The van der Waals surface area contributed by atoms with Gasteiger partial charge in [0.05, 0.1) is 18.0 Å². The van der Waals surface area contributed by atoms with Crippen LogP contribution in [0.25, 0.3) is 0 Å². The quantitative estimate of drug-likeness (QED) is 0.767. The monoisotopic (exact) mass is 264 g/mol. The maximum Gasteiger partial charge on any atom is 0.235 e. The first-order chi connectivity index (χ1) is 8.63. The van der Waals surface area contributed by atoms with E-state index < -0.39 is 10.0 Å². The molecule has 1 aromatic carbocycles. The molecule has 0 radical (unpaired) electrons. The third-order valence-corrected chi connectivity index (χ3v) is 4.69. The largest absolute Gasteiger partial charge is 0.320 e. The predicted octanol–water partition coefficient (Wildman–Crippen LogP) is 0.927. The zero-order chi connectivity index (χ0) is 13.0. The Balaban J connectivity index is 2.33. The van der Waals surface area contributed by atoms with Gasteiger partial charge in [0.15, 0.2) is 0 Å². The fraction of sp³-hybridized carbons (Fsp3) is 0.385. The van der Waals surface area contributed by atoms with Crippen molar-refractivity contribution >= 4 is 15.7 Å². The molecule has 1 fully saturated rings. The first-order valence-corrected chi connectivity index (χ1v) is 7.54. The molecule has 4 nitrogen and oxygen atoms in total. The van der Waals surface area contributed by atoms with E-state index >= 15 is 0 Å². The van der Waals surface area contributed by atoms with Crippen LogP contribution < -0.4 is 10.0 Å². The Kier molecular flexibility index (Phi) is 3.90. The average Bonchev–Trinajstić information content (AvgIpc) is 2.36. The minimum atomic E-state index is -3.15. The van der Waals surface area contributed by atoms with E-state index in [1.54, 1.807) is 12.1 Å². The Bertz CT molecular complexity index is 584. The summed E-state index contributed by atoms with van der Waals surface area (Å²) in [7, 11) is -3.15. The molecule has 0 aromatic heterocycles. The minimum Gasteiger partial charge on any atom is -0.320 e. The van der Waals surface area contributed by atoms with E-state index in [2.05, 4.69) is 11.8 Å². The number of nitrogens with zero attached hydrogens (tertiary/aromatic N) is 1. The van der Waals surface area contributed by atoms with E-state index in [-0.39, 0.29) is 5.75 Å². The van der Waals surface area contributed by atoms with Crippen LogP contribution in [-0.4, -0.2) is 27.3 Å². The number of rotatable bonds is 1. The molecular weight excluding hydrogens is 248 g/mol. The summed E-state index contributed by atoms with van der Waals surface area (Å²) < 4.78 is 25.4. The summed E-state index contributed by atoms with van der Waals surface area (Å²) in [5.74, 6) is 5.91. The Labute approximate surface area is 108 Å². The molecule has 1 aliphatic heterocycles. The first-order valence-electron chi connectivity index (χ1n) is 5.93. The molecule has 0 amide bonds. The molecule has 1 aromatic rings. The Morgan fingerprint density at radius 1 is 1.33 bits per heavy atom. The summed E-state index contributed by atoms with van der Waals surface area (Å²) in [5, 5.41) is 0. The average molecular weight is 264 g/mol. The second kappa shape index (κ2) is 5.42. The standard InChI is InChI=1S/C13H16N2O2S/c14-8-4-6-12-5-3-7-13(11-12)15-9-1-2-10-18(15,16)17/h3,5,7,11H,1-2,8-10,14H2. The molecule has 1 saturated heterocycles. The third-order valence-electron chi connectivity index (χ3n) is 2.82. The Morgan fingerprint density at radius 2 is 2.17 bits per heavy atom. The van der Waals surface area contributed by atoms with Gasteiger partial charge >= 0.3 is 0 Å². The first kappa shape index (κ1) is 12.9. The SMILES string of the molecule is NCC#Cc1cccc(N2CCCCS2(=O)=O)c1. The van der Waals surface area contributed by atoms with E-state index in [1.807, 2.05) is 12.1 Å². The van der Waals surface area contributed by atoms with Crippen molar-refractivity contribution in [1.29, 1.82) is 0 Å². The summed E-state index contributed by atoms with van der Waals surface area (Å²) in [4.78, 5) is 0. The lowest BCUT2D eigenvalue weighted by Gasteiger charge is -2.28. The van der Waals surface area contributed by atoms with Crippen molar-refractivity contribution in [3.05, 3.63) is 29.8 Å². The summed E-state index contributed by atoms with van der Waals surface area (Å²) in [5.41, 5.74) is 6.80. The van der Waals surface area contributed by atoms with Crippen molar-refractivity contribution in [2.24, 2.45) is 5.73 Å². The predicted molar refractivity (Wildman–Crippen MR) is 72.7 cm³/mol. The van der Waals surface area contributed by atoms with Crippen molar-refractivity contribution in [1.82, 2.24) is 0 Å². The fourth-order valence-electron chi connectivity index (χ4n) is 1.97. The lowest BCUT2D eigenvalue weighted by atomic mass is 10.2. The number of hydrogen-bond donors (Lipinski definition) is 1. The van der Waals surface area contributed by atoms with Gasteiger partial charge in [0, 0.05) is 12.1 Å². The number of hydrogen-bond acceptors (Lipinski definition) is 3. The van der Waals surface area contributed by atoms with Gasteiger partial charge in [-0.2, -0.15) is 0 Å². The van der Waals surface area contributed by atoms with E-state index in [4.69, 9.17) is 5.73 Å². The van der Waals surface area contributed by atoms with Crippen molar-refractivity contribution in [3.8, 4) is 11.8 Å². The van der Waals surface area contributed by atoms with Crippen LogP contribution in [-0.2, 0) is 10.0 Å². The van der Waals surface area contributed by atoms with Gasteiger partial charge in [-0.05, 0) is 31.0 Å². The maximum absolute atomic E-state index is 12.0. The van der Waals surface area contributed by atoms with Gasteiger partial charge in [-0.15, -0.1) is 0 Å². The molecule has 0 bridgehead atoms.